The van der Waals surface area contributed by atoms with Crippen LogP contribution in [0.3, 0.4) is 0 Å². The average molecular weight is 254 g/mol. The molecule has 0 atom stereocenters. The van der Waals surface area contributed by atoms with Crippen molar-refractivity contribution in [2.24, 2.45) is 0 Å². The molecule has 0 heterocycles. The fourth-order valence-corrected chi connectivity index (χ4v) is 1.90. The molecule has 3 heteroatoms. The summed E-state index contributed by atoms with van der Waals surface area (Å²) >= 11 is 0. The molecule has 0 saturated carbocycles. The van der Waals surface area contributed by atoms with Gasteiger partial charge < -0.3 is 10.6 Å². The van der Waals surface area contributed by atoms with E-state index >= 15 is 0 Å². The minimum atomic E-state index is -0.176. The highest BCUT2D eigenvalue weighted by atomic mass is 16.2. The summed E-state index contributed by atoms with van der Waals surface area (Å²) in [5.41, 5.74) is 3.09. The zero-order valence-corrected chi connectivity index (χ0v) is 11.0. The second kappa shape index (κ2) is 6.59. The molecule has 0 radical (unpaired) electrons. The van der Waals surface area contributed by atoms with Crippen LogP contribution in [0.4, 0.5) is 10.5 Å². The molecule has 0 aromatic heterocycles. The van der Waals surface area contributed by atoms with Crippen molar-refractivity contribution < 1.29 is 4.79 Å². The van der Waals surface area contributed by atoms with E-state index < -0.39 is 0 Å². The lowest BCUT2D eigenvalue weighted by Crippen LogP contribution is -2.28. The lowest BCUT2D eigenvalue weighted by Gasteiger charge is -2.10. The predicted molar refractivity (Wildman–Crippen MR) is 78.1 cm³/mol. The molecule has 0 aliphatic rings. The molecule has 0 saturated heterocycles. The summed E-state index contributed by atoms with van der Waals surface area (Å²) in [6, 6.07) is 17.5. The third-order valence-corrected chi connectivity index (χ3v) is 2.94. The van der Waals surface area contributed by atoms with Crippen LogP contribution in [0.5, 0.6) is 0 Å². The predicted octanol–water partition coefficient (Wildman–Crippen LogP) is 3.57. The molecule has 0 aliphatic carbocycles. The van der Waals surface area contributed by atoms with Crippen LogP contribution < -0.4 is 10.6 Å². The molecule has 0 unspecified atom stereocenters. The number of benzene rings is 2. The molecule has 0 fully saturated rings. The van der Waals surface area contributed by atoms with Crippen molar-refractivity contribution in [3.05, 3.63) is 65.7 Å². The summed E-state index contributed by atoms with van der Waals surface area (Å²) < 4.78 is 0. The number of carbonyl (C=O) groups is 1. The number of carbonyl (C=O) groups excluding carboxylic acids is 1. The SMILES string of the molecule is CCc1ccccc1NC(=O)NCc1ccccc1. The van der Waals surface area contributed by atoms with Gasteiger partial charge in [0.05, 0.1) is 0 Å². The third-order valence-electron chi connectivity index (χ3n) is 2.94. The number of anilines is 1. The number of amides is 2. The number of rotatable bonds is 4. The number of urea groups is 1. The van der Waals surface area contributed by atoms with E-state index in [1.54, 1.807) is 0 Å². The van der Waals surface area contributed by atoms with E-state index in [1.165, 1.54) is 0 Å². The molecule has 0 aliphatic heterocycles. The van der Waals surface area contributed by atoms with Crippen molar-refractivity contribution in [2.45, 2.75) is 19.9 Å². The van der Waals surface area contributed by atoms with E-state index in [1.807, 2.05) is 54.6 Å². The highest BCUT2D eigenvalue weighted by Crippen LogP contribution is 2.15. The number of aryl methyl sites for hydroxylation is 1. The van der Waals surface area contributed by atoms with Crippen LogP contribution in [-0.4, -0.2) is 6.03 Å². The maximum Gasteiger partial charge on any atom is 0.319 e. The van der Waals surface area contributed by atoms with Crippen molar-refractivity contribution >= 4 is 11.7 Å². The standard InChI is InChI=1S/C16H18N2O/c1-2-14-10-6-7-11-15(14)18-16(19)17-12-13-8-4-3-5-9-13/h3-11H,2,12H2,1H3,(H2,17,18,19). The van der Waals surface area contributed by atoms with Gasteiger partial charge in [-0.25, -0.2) is 4.79 Å². The van der Waals surface area contributed by atoms with Gasteiger partial charge >= 0.3 is 6.03 Å². The molecule has 98 valence electrons. The molecular weight excluding hydrogens is 236 g/mol. The summed E-state index contributed by atoms with van der Waals surface area (Å²) in [6.45, 7) is 2.60. The second-order valence-corrected chi connectivity index (χ2v) is 4.30. The minimum Gasteiger partial charge on any atom is -0.334 e. The van der Waals surface area contributed by atoms with E-state index in [0.29, 0.717) is 6.54 Å². The molecule has 2 N–H and O–H groups in total. The normalized spacial score (nSPS) is 9.95. The highest BCUT2D eigenvalue weighted by molar-refractivity contribution is 5.90. The van der Waals surface area contributed by atoms with Crippen LogP contribution >= 0.6 is 0 Å². The van der Waals surface area contributed by atoms with Crippen molar-refractivity contribution in [1.29, 1.82) is 0 Å². The zero-order chi connectivity index (χ0) is 13.5. The van der Waals surface area contributed by atoms with E-state index in [9.17, 15) is 4.79 Å². The van der Waals surface area contributed by atoms with Crippen LogP contribution in [0.25, 0.3) is 0 Å². The van der Waals surface area contributed by atoms with Gasteiger partial charge in [-0.1, -0.05) is 55.5 Å². The Morgan fingerprint density at radius 3 is 2.42 bits per heavy atom. The van der Waals surface area contributed by atoms with E-state index in [0.717, 1.165) is 23.2 Å². The monoisotopic (exact) mass is 254 g/mol. The first-order valence-electron chi connectivity index (χ1n) is 6.46. The highest BCUT2D eigenvalue weighted by Gasteiger charge is 2.04. The third kappa shape index (κ3) is 3.85. The number of hydrogen-bond acceptors (Lipinski definition) is 1. The van der Waals surface area contributed by atoms with E-state index in [4.69, 9.17) is 0 Å². The van der Waals surface area contributed by atoms with E-state index in [-0.39, 0.29) is 6.03 Å². The largest absolute Gasteiger partial charge is 0.334 e. The minimum absolute atomic E-state index is 0.176. The first-order chi connectivity index (χ1) is 9.29. The molecule has 0 spiro atoms. The van der Waals surface area contributed by atoms with Gasteiger partial charge in [0, 0.05) is 12.2 Å². The van der Waals surface area contributed by atoms with Crippen molar-refractivity contribution in [2.75, 3.05) is 5.32 Å². The summed E-state index contributed by atoms with van der Waals surface area (Å²) in [6.07, 6.45) is 0.898. The van der Waals surface area contributed by atoms with Crippen molar-refractivity contribution in [3.63, 3.8) is 0 Å². The number of hydrogen-bond donors (Lipinski definition) is 2. The Morgan fingerprint density at radius 2 is 1.68 bits per heavy atom. The Hall–Kier alpha value is -2.29. The Morgan fingerprint density at radius 1 is 1.00 bits per heavy atom. The summed E-state index contributed by atoms with van der Waals surface area (Å²) in [5.74, 6) is 0. The summed E-state index contributed by atoms with van der Waals surface area (Å²) in [5, 5.41) is 5.73. The Labute approximate surface area is 113 Å². The van der Waals surface area contributed by atoms with Gasteiger partial charge in [0.2, 0.25) is 0 Å². The summed E-state index contributed by atoms with van der Waals surface area (Å²) in [7, 11) is 0. The Bertz CT molecular complexity index is 537. The van der Waals surface area contributed by atoms with Gasteiger partial charge in [0.15, 0.2) is 0 Å². The van der Waals surface area contributed by atoms with Crippen molar-refractivity contribution in [1.82, 2.24) is 5.32 Å². The first kappa shape index (κ1) is 13.1. The van der Waals surface area contributed by atoms with Crippen LogP contribution in [0, 0.1) is 0 Å². The molecular formula is C16H18N2O. The van der Waals surface area contributed by atoms with Gasteiger partial charge in [-0.15, -0.1) is 0 Å². The molecule has 3 nitrogen and oxygen atoms in total. The molecule has 19 heavy (non-hydrogen) atoms. The van der Waals surface area contributed by atoms with E-state index in [2.05, 4.69) is 17.6 Å². The number of nitrogens with one attached hydrogen (secondary N) is 2. The zero-order valence-electron chi connectivity index (χ0n) is 11.0. The first-order valence-corrected chi connectivity index (χ1v) is 6.46. The molecule has 2 aromatic carbocycles. The lowest BCUT2D eigenvalue weighted by atomic mass is 10.1. The van der Waals surface area contributed by atoms with Gasteiger partial charge in [-0.2, -0.15) is 0 Å². The van der Waals surface area contributed by atoms with Crippen LogP contribution in [0.2, 0.25) is 0 Å². The lowest BCUT2D eigenvalue weighted by molar-refractivity contribution is 0.251. The Balaban J connectivity index is 1.91. The number of para-hydroxylation sites is 1. The molecule has 2 aromatic rings. The van der Waals surface area contributed by atoms with Gasteiger partial charge in [-0.05, 0) is 23.6 Å². The van der Waals surface area contributed by atoms with Gasteiger partial charge in [0.25, 0.3) is 0 Å². The molecule has 2 amide bonds. The van der Waals surface area contributed by atoms with Crippen LogP contribution in [0.1, 0.15) is 18.1 Å². The summed E-state index contributed by atoms with van der Waals surface area (Å²) in [4.78, 5) is 11.8. The van der Waals surface area contributed by atoms with Crippen LogP contribution in [0.15, 0.2) is 54.6 Å². The van der Waals surface area contributed by atoms with Gasteiger partial charge in [0.1, 0.15) is 0 Å². The fraction of sp³-hybridized carbons (Fsp3) is 0.188. The molecule has 0 bridgehead atoms. The quantitative estimate of drug-likeness (QED) is 0.860. The van der Waals surface area contributed by atoms with Gasteiger partial charge in [-0.3, -0.25) is 0 Å². The second-order valence-electron chi connectivity index (χ2n) is 4.30. The smallest absolute Gasteiger partial charge is 0.319 e. The average Bonchev–Trinajstić information content (AvgIpc) is 2.47. The topological polar surface area (TPSA) is 41.1 Å². The fourth-order valence-electron chi connectivity index (χ4n) is 1.90. The van der Waals surface area contributed by atoms with Crippen molar-refractivity contribution in [3.8, 4) is 0 Å². The maximum absolute atomic E-state index is 11.8. The Kier molecular flexibility index (Phi) is 4.56. The van der Waals surface area contributed by atoms with Crippen LogP contribution in [-0.2, 0) is 13.0 Å². The maximum atomic E-state index is 11.8. The molecule has 2 rings (SSSR count).